The largest absolute Gasteiger partial charge is 0.493 e. The first kappa shape index (κ1) is 35.4. The minimum Gasteiger partial charge on any atom is -0.493 e. The number of fused-ring (bicyclic) bond motifs is 2. The van der Waals surface area contributed by atoms with Crippen molar-refractivity contribution in [1.29, 1.82) is 0 Å². The molecule has 10 nitrogen and oxygen atoms in total. The highest BCUT2D eigenvalue weighted by Crippen LogP contribution is 2.44. The fourth-order valence-electron chi connectivity index (χ4n) is 5.51. The Balaban J connectivity index is 0.00000260. The normalized spacial score (nSPS) is 10.5. The number of nitrogen functional groups attached to an aromatic ring is 1. The number of para-hydroxylation sites is 1. The lowest BCUT2D eigenvalue weighted by Crippen LogP contribution is -2.27. The fourth-order valence-corrected chi connectivity index (χ4v) is 5.51. The van der Waals surface area contributed by atoms with Crippen LogP contribution in [-0.4, -0.2) is 44.0 Å². The van der Waals surface area contributed by atoms with E-state index in [1.54, 1.807) is 60.8 Å². The summed E-state index contributed by atoms with van der Waals surface area (Å²) in [5.41, 5.74) is 9.15. The van der Waals surface area contributed by atoms with Gasteiger partial charge in [0.2, 0.25) is 5.75 Å². The molecule has 2 aromatic heterocycles. The topological polar surface area (TPSA) is 124 Å². The third kappa shape index (κ3) is 6.53. The van der Waals surface area contributed by atoms with Gasteiger partial charge < -0.3 is 29.4 Å². The van der Waals surface area contributed by atoms with Crippen LogP contribution >= 0.6 is 24.8 Å². The number of nitrogens with zero attached hydrogens (tertiary/aromatic N) is 2. The minimum absolute atomic E-state index is 0. The van der Waals surface area contributed by atoms with Crippen LogP contribution in [-0.2, 0) is 11.3 Å². The van der Waals surface area contributed by atoms with E-state index in [2.05, 4.69) is 4.98 Å². The maximum absolute atomic E-state index is 14.3. The molecule has 2 heterocycles. The van der Waals surface area contributed by atoms with Gasteiger partial charge in [-0.05, 0) is 77.7 Å². The number of methoxy groups -OCH3 is 4. The van der Waals surface area contributed by atoms with Gasteiger partial charge in [-0.3, -0.25) is 14.3 Å². The Labute approximate surface area is 288 Å². The Bertz CT molecular complexity index is 2140. The Kier molecular flexibility index (Phi) is 11.0. The summed E-state index contributed by atoms with van der Waals surface area (Å²) in [5, 5.41) is 1.80. The van der Waals surface area contributed by atoms with Crippen molar-refractivity contribution in [3.05, 3.63) is 113 Å². The van der Waals surface area contributed by atoms with E-state index < -0.39 is 11.5 Å². The van der Waals surface area contributed by atoms with E-state index in [0.717, 1.165) is 16.5 Å². The zero-order valence-electron chi connectivity index (χ0n) is 26.5. The van der Waals surface area contributed by atoms with E-state index >= 15 is 0 Å². The third-order valence-electron chi connectivity index (χ3n) is 7.69. The third-order valence-corrected chi connectivity index (χ3v) is 7.69. The number of nitrogens with two attached hydrogens (primary N) is 1. The van der Waals surface area contributed by atoms with E-state index in [1.807, 2.05) is 30.3 Å². The van der Waals surface area contributed by atoms with Gasteiger partial charge in [-0.25, -0.2) is 4.79 Å². The molecule has 48 heavy (non-hydrogen) atoms. The van der Waals surface area contributed by atoms with Crippen molar-refractivity contribution in [3.63, 3.8) is 0 Å². The molecule has 0 fully saturated rings. The maximum Gasteiger partial charge on any atom is 0.355 e. The van der Waals surface area contributed by atoms with Crippen LogP contribution in [0, 0.1) is 0 Å². The number of hydrogen-bond donors (Lipinski definition) is 1. The maximum atomic E-state index is 14.3. The van der Waals surface area contributed by atoms with Crippen LogP contribution in [0.4, 0.5) is 5.69 Å². The van der Waals surface area contributed by atoms with Crippen LogP contribution in [0.5, 0.6) is 23.0 Å². The van der Waals surface area contributed by atoms with Crippen LogP contribution in [0.1, 0.15) is 16.1 Å². The van der Waals surface area contributed by atoms with Gasteiger partial charge in [0.25, 0.3) is 5.56 Å². The summed E-state index contributed by atoms with van der Waals surface area (Å²) in [7, 11) is 5.78. The molecular formula is C36H33Cl2N3O7. The van der Waals surface area contributed by atoms with E-state index in [1.165, 1.54) is 33.0 Å². The highest BCUT2D eigenvalue weighted by Gasteiger charge is 2.27. The number of carbonyl (C=O) groups is 1. The molecule has 4 aromatic carbocycles. The molecule has 0 atom stereocenters. The average molecular weight is 691 g/mol. The van der Waals surface area contributed by atoms with Gasteiger partial charge in [0.05, 0.1) is 39.3 Å². The van der Waals surface area contributed by atoms with Gasteiger partial charge >= 0.3 is 5.97 Å². The first-order valence-corrected chi connectivity index (χ1v) is 14.3. The van der Waals surface area contributed by atoms with Gasteiger partial charge in [0.1, 0.15) is 18.1 Å². The van der Waals surface area contributed by atoms with Crippen LogP contribution in [0.2, 0.25) is 0 Å². The Morgan fingerprint density at radius 1 is 0.812 bits per heavy atom. The molecular weight excluding hydrogens is 657 g/mol. The molecule has 0 saturated heterocycles. The summed E-state index contributed by atoms with van der Waals surface area (Å²) in [6.45, 7) is 0.232. The Morgan fingerprint density at radius 2 is 1.50 bits per heavy atom. The first-order valence-electron chi connectivity index (χ1n) is 14.3. The fraction of sp³-hybridized carbons (Fsp3) is 0.139. The van der Waals surface area contributed by atoms with Crippen molar-refractivity contribution in [2.75, 3.05) is 34.2 Å². The molecule has 0 amide bonds. The number of ether oxygens (including phenoxy) is 5. The van der Waals surface area contributed by atoms with Crippen LogP contribution in [0.15, 0.2) is 95.9 Å². The molecule has 12 heteroatoms. The standard InChI is InChI=1S/C36H31N3O7.2ClH/c1-42-30-16-23(17-31(43-2)34(30)44-3)32-27-14-13-26(46-20-21-15-22-7-5-6-8-29(22)38-19-21)18-28(27)35(40)39(33(32)36(41)45-4)25-11-9-24(37)10-12-25;;/h5-19H,20,37H2,1-4H3;2*1H. The number of pyridine rings is 2. The predicted molar refractivity (Wildman–Crippen MR) is 191 cm³/mol. The lowest BCUT2D eigenvalue weighted by atomic mass is 9.95. The summed E-state index contributed by atoms with van der Waals surface area (Å²) >= 11 is 0. The molecule has 0 aliphatic rings. The number of benzene rings is 4. The minimum atomic E-state index is -0.719. The van der Waals surface area contributed by atoms with Gasteiger partial charge in [-0.1, -0.05) is 18.2 Å². The second-order valence-electron chi connectivity index (χ2n) is 10.4. The molecule has 248 valence electrons. The van der Waals surface area contributed by atoms with E-state index in [0.29, 0.717) is 56.3 Å². The lowest BCUT2D eigenvalue weighted by Gasteiger charge is -2.21. The molecule has 0 saturated carbocycles. The Morgan fingerprint density at radius 3 is 2.15 bits per heavy atom. The molecule has 2 N–H and O–H groups in total. The van der Waals surface area contributed by atoms with Crippen LogP contribution < -0.4 is 30.2 Å². The number of hydrogen-bond acceptors (Lipinski definition) is 9. The summed E-state index contributed by atoms with van der Waals surface area (Å²) < 4.78 is 29.5. The highest BCUT2D eigenvalue weighted by molar-refractivity contribution is 6.08. The van der Waals surface area contributed by atoms with Crippen LogP contribution in [0.25, 0.3) is 38.5 Å². The molecule has 6 rings (SSSR count). The SMILES string of the molecule is COC(=O)c1c(-c2cc(OC)c(OC)c(OC)c2)c2ccc(OCc3cnc4ccccc4c3)cc2c(=O)n1-c1ccc(N)cc1.Cl.Cl. The second-order valence-corrected chi connectivity index (χ2v) is 10.4. The van der Waals surface area contributed by atoms with Crippen molar-refractivity contribution in [2.45, 2.75) is 6.61 Å². The number of anilines is 1. The second kappa shape index (κ2) is 15.0. The van der Waals surface area contributed by atoms with E-state index in [4.69, 9.17) is 29.4 Å². The smallest absolute Gasteiger partial charge is 0.355 e. The zero-order chi connectivity index (χ0) is 32.4. The quantitative estimate of drug-likeness (QED) is 0.126. The summed E-state index contributed by atoms with van der Waals surface area (Å²) in [6.07, 6.45) is 1.77. The highest BCUT2D eigenvalue weighted by atomic mass is 35.5. The van der Waals surface area contributed by atoms with Gasteiger partial charge in [0, 0.05) is 34.1 Å². The monoisotopic (exact) mass is 689 g/mol. The molecule has 0 aliphatic heterocycles. The zero-order valence-corrected chi connectivity index (χ0v) is 28.1. The number of rotatable bonds is 9. The molecule has 0 aliphatic carbocycles. The molecule has 0 bridgehead atoms. The molecule has 0 spiro atoms. The molecule has 0 unspecified atom stereocenters. The number of aromatic nitrogens is 2. The number of esters is 1. The molecule has 6 aromatic rings. The van der Waals surface area contributed by atoms with Crippen LogP contribution in [0.3, 0.4) is 0 Å². The lowest BCUT2D eigenvalue weighted by molar-refractivity contribution is 0.0591. The summed E-state index contributed by atoms with van der Waals surface area (Å²) in [6, 6.07) is 25.1. The number of carbonyl (C=O) groups excluding carboxylic acids is 1. The van der Waals surface area contributed by atoms with E-state index in [-0.39, 0.29) is 37.1 Å². The van der Waals surface area contributed by atoms with Gasteiger partial charge in [0.15, 0.2) is 11.5 Å². The van der Waals surface area contributed by atoms with Gasteiger partial charge in [-0.2, -0.15) is 0 Å². The van der Waals surface area contributed by atoms with Crippen molar-refractivity contribution in [2.24, 2.45) is 0 Å². The number of halogens is 2. The predicted octanol–water partition coefficient (Wildman–Crippen LogP) is 7.02. The van der Waals surface area contributed by atoms with E-state index in [9.17, 15) is 9.59 Å². The van der Waals surface area contributed by atoms with Crippen molar-refractivity contribution in [1.82, 2.24) is 9.55 Å². The molecule has 0 radical (unpaired) electrons. The van der Waals surface area contributed by atoms with Crippen molar-refractivity contribution in [3.8, 4) is 39.8 Å². The average Bonchev–Trinajstić information content (AvgIpc) is 3.10. The van der Waals surface area contributed by atoms with Crippen molar-refractivity contribution < 1.29 is 28.5 Å². The van der Waals surface area contributed by atoms with Gasteiger partial charge in [-0.15, -0.1) is 24.8 Å². The summed E-state index contributed by atoms with van der Waals surface area (Å²) in [5.74, 6) is 0.861. The Hall–Kier alpha value is -5.45. The summed E-state index contributed by atoms with van der Waals surface area (Å²) in [4.78, 5) is 32.5. The first-order chi connectivity index (χ1) is 22.4. The van der Waals surface area contributed by atoms with Crippen molar-refractivity contribution >= 4 is 58.1 Å².